The van der Waals surface area contributed by atoms with Gasteiger partial charge < -0.3 is 4.74 Å². The molecule has 0 amide bonds. The van der Waals surface area contributed by atoms with Crippen LogP contribution in [-0.4, -0.2) is 26.8 Å². The second-order valence-corrected chi connectivity index (χ2v) is 6.19. The van der Waals surface area contributed by atoms with E-state index in [-0.39, 0.29) is 23.4 Å². The zero-order valence-electron chi connectivity index (χ0n) is 11.4. The van der Waals surface area contributed by atoms with Crippen molar-refractivity contribution in [2.75, 3.05) is 6.61 Å². The van der Waals surface area contributed by atoms with Crippen LogP contribution < -0.4 is 5.56 Å². The van der Waals surface area contributed by atoms with Crippen LogP contribution in [0.1, 0.15) is 25.2 Å². The lowest BCUT2D eigenvalue weighted by molar-refractivity contribution is -0.143. The number of nitrogens with zero attached hydrogens (tertiary/aromatic N) is 2. The van der Waals surface area contributed by atoms with Gasteiger partial charge in [-0.25, -0.2) is 4.98 Å². The number of esters is 1. The molecule has 1 aromatic rings. The molecule has 0 saturated heterocycles. The lowest BCUT2D eigenvalue weighted by Crippen LogP contribution is -2.30. The monoisotopic (exact) mass is 304 g/mol. The molecule has 5 nitrogen and oxygen atoms in total. The molecule has 0 bridgehead atoms. The van der Waals surface area contributed by atoms with Crippen LogP contribution in [-0.2, 0) is 16.1 Å². The molecule has 0 aliphatic carbocycles. The Morgan fingerprint density at radius 2 is 2.16 bits per heavy atom. The minimum absolute atomic E-state index is 0.117. The first-order valence-corrected chi connectivity index (χ1v) is 7.22. The maximum absolute atomic E-state index is 12.2. The van der Waals surface area contributed by atoms with Crippen molar-refractivity contribution in [3.8, 4) is 0 Å². The lowest BCUT2D eigenvalue weighted by atomic mass is 10.3. The van der Waals surface area contributed by atoms with Gasteiger partial charge >= 0.3 is 5.97 Å². The van der Waals surface area contributed by atoms with Gasteiger partial charge in [0.15, 0.2) is 0 Å². The summed E-state index contributed by atoms with van der Waals surface area (Å²) >= 11 is 7.21. The summed E-state index contributed by atoms with van der Waals surface area (Å²) in [5, 5.41) is 0.602. The Morgan fingerprint density at radius 3 is 2.68 bits per heavy atom. The van der Waals surface area contributed by atoms with Crippen molar-refractivity contribution in [2.45, 2.75) is 44.0 Å². The third kappa shape index (κ3) is 4.24. The van der Waals surface area contributed by atoms with Crippen molar-refractivity contribution in [1.82, 2.24) is 9.55 Å². The lowest BCUT2D eigenvalue weighted by Gasteiger charge is -2.13. The van der Waals surface area contributed by atoms with Crippen LogP contribution in [0.5, 0.6) is 0 Å². The molecule has 1 unspecified atom stereocenters. The van der Waals surface area contributed by atoms with E-state index in [0.717, 1.165) is 0 Å². The zero-order chi connectivity index (χ0) is 14.6. The van der Waals surface area contributed by atoms with Crippen LogP contribution in [0.2, 0.25) is 0 Å². The molecule has 1 heterocycles. The van der Waals surface area contributed by atoms with Crippen LogP contribution in [0, 0.1) is 13.8 Å². The predicted octanol–water partition coefficient (Wildman–Crippen LogP) is 2.10. The van der Waals surface area contributed by atoms with Gasteiger partial charge in [0.1, 0.15) is 17.4 Å². The predicted molar refractivity (Wildman–Crippen MR) is 75.8 cm³/mol. The third-order valence-corrected chi connectivity index (χ3v) is 3.62. The number of carbonyl (C=O) groups is 1. The summed E-state index contributed by atoms with van der Waals surface area (Å²) in [6, 6.07) is 0. The number of ether oxygens (including phenoxy) is 1. The number of aryl methyl sites for hydroxylation is 1. The van der Waals surface area contributed by atoms with Gasteiger partial charge in [-0.05, 0) is 27.7 Å². The summed E-state index contributed by atoms with van der Waals surface area (Å²) in [5.74, 6) is 0.0310. The quantitative estimate of drug-likeness (QED) is 0.361. The van der Waals surface area contributed by atoms with Crippen LogP contribution in [0.25, 0.3) is 0 Å². The minimum atomic E-state index is -0.444. The number of carbonyl (C=O) groups excluding carboxylic acids is 1. The largest absolute Gasteiger partial charge is 0.465 e. The van der Waals surface area contributed by atoms with E-state index in [4.69, 9.17) is 16.3 Å². The van der Waals surface area contributed by atoms with Crippen molar-refractivity contribution in [3.05, 3.63) is 21.7 Å². The molecule has 0 radical (unpaired) electrons. The Labute approximate surface area is 121 Å². The molecule has 1 rings (SSSR count). The summed E-state index contributed by atoms with van der Waals surface area (Å²) in [5.41, 5.74) is 0.257. The summed E-state index contributed by atoms with van der Waals surface area (Å²) in [7, 11) is 0. The minimum Gasteiger partial charge on any atom is -0.465 e. The number of hydrogen-bond acceptors (Lipinski definition) is 5. The van der Waals surface area contributed by atoms with Gasteiger partial charge in [0.25, 0.3) is 5.56 Å². The van der Waals surface area contributed by atoms with Gasteiger partial charge in [-0.15, -0.1) is 11.6 Å². The van der Waals surface area contributed by atoms with E-state index in [9.17, 15) is 9.59 Å². The molecule has 7 heteroatoms. The molecule has 1 atom stereocenters. The highest BCUT2D eigenvalue weighted by Crippen LogP contribution is 2.25. The van der Waals surface area contributed by atoms with Crippen LogP contribution in [0.4, 0.5) is 0 Å². The van der Waals surface area contributed by atoms with Crippen molar-refractivity contribution >= 4 is 29.3 Å². The molecule has 1 aromatic heterocycles. The number of rotatable bonds is 5. The van der Waals surface area contributed by atoms with E-state index in [1.165, 1.54) is 16.3 Å². The van der Waals surface area contributed by atoms with Crippen LogP contribution in [0.15, 0.2) is 9.82 Å². The third-order valence-electron chi connectivity index (χ3n) is 2.41. The molecule has 0 aliphatic rings. The SMILES string of the molecule is CCOC(=O)Cn1c(C)nc(SC(C)Cl)c(C)c1=O. The smallest absolute Gasteiger partial charge is 0.326 e. The molecular weight excluding hydrogens is 288 g/mol. The van der Waals surface area contributed by atoms with E-state index >= 15 is 0 Å². The summed E-state index contributed by atoms with van der Waals surface area (Å²) in [4.78, 5) is 28.0. The van der Waals surface area contributed by atoms with Crippen molar-refractivity contribution in [2.24, 2.45) is 0 Å². The van der Waals surface area contributed by atoms with E-state index in [0.29, 0.717) is 16.4 Å². The van der Waals surface area contributed by atoms with Crippen molar-refractivity contribution in [1.29, 1.82) is 0 Å². The highest BCUT2D eigenvalue weighted by atomic mass is 35.5. The highest BCUT2D eigenvalue weighted by molar-refractivity contribution is 8.01. The normalized spacial score (nSPS) is 12.3. The molecule has 0 N–H and O–H groups in total. The molecule has 0 saturated carbocycles. The maximum Gasteiger partial charge on any atom is 0.326 e. The van der Waals surface area contributed by atoms with Gasteiger partial charge in [-0.2, -0.15) is 0 Å². The first-order chi connectivity index (χ1) is 8.86. The fourth-order valence-corrected chi connectivity index (χ4v) is 2.53. The zero-order valence-corrected chi connectivity index (χ0v) is 13.0. The topological polar surface area (TPSA) is 61.2 Å². The average Bonchev–Trinajstić information content (AvgIpc) is 2.31. The Morgan fingerprint density at radius 1 is 1.53 bits per heavy atom. The Kier molecular flexibility index (Phi) is 5.87. The molecule has 0 aliphatic heterocycles. The Balaban J connectivity index is 3.12. The summed E-state index contributed by atoms with van der Waals surface area (Å²) in [6.07, 6.45) is 0. The van der Waals surface area contributed by atoms with E-state index < -0.39 is 5.97 Å². The second kappa shape index (κ2) is 6.96. The standard InChI is InChI=1S/C12H17ClN2O3S/c1-5-18-10(16)6-15-9(4)14-11(19-8(3)13)7(2)12(15)17/h8H,5-6H2,1-4H3. The van der Waals surface area contributed by atoms with Crippen LogP contribution >= 0.6 is 23.4 Å². The average molecular weight is 305 g/mol. The molecular formula is C12H17ClN2O3S. The maximum atomic E-state index is 12.2. The number of hydrogen-bond donors (Lipinski definition) is 0. The highest BCUT2D eigenvalue weighted by Gasteiger charge is 2.15. The second-order valence-electron chi connectivity index (χ2n) is 3.95. The van der Waals surface area contributed by atoms with E-state index in [2.05, 4.69) is 4.98 Å². The fraction of sp³-hybridized carbons (Fsp3) is 0.583. The van der Waals surface area contributed by atoms with Crippen molar-refractivity contribution in [3.63, 3.8) is 0 Å². The van der Waals surface area contributed by atoms with Gasteiger partial charge in [0, 0.05) is 5.56 Å². The first kappa shape index (κ1) is 16.0. The van der Waals surface area contributed by atoms with Gasteiger partial charge in [0.2, 0.25) is 0 Å². The molecule has 0 fully saturated rings. The number of thioether (sulfide) groups is 1. The molecule has 106 valence electrons. The molecule has 0 spiro atoms. The number of halogens is 1. The molecule has 19 heavy (non-hydrogen) atoms. The van der Waals surface area contributed by atoms with Gasteiger partial charge in [0.05, 0.1) is 11.3 Å². The van der Waals surface area contributed by atoms with Gasteiger partial charge in [-0.1, -0.05) is 11.8 Å². The fourth-order valence-electron chi connectivity index (χ4n) is 1.52. The van der Waals surface area contributed by atoms with E-state index in [1.54, 1.807) is 20.8 Å². The Hall–Kier alpha value is -1.01. The summed E-state index contributed by atoms with van der Waals surface area (Å²) in [6.45, 7) is 7.07. The first-order valence-electron chi connectivity index (χ1n) is 5.91. The Bertz CT molecular complexity index is 528. The van der Waals surface area contributed by atoms with Crippen LogP contribution in [0.3, 0.4) is 0 Å². The van der Waals surface area contributed by atoms with E-state index in [1.807, 2.05) is 6.92 Å². The van der Waals surface area contributed by atoms with Gasteiger partial charge in [-0.3, -0.25) is 14.2 Å². The number of aromatic nitrogens is 2. The van der Waals surface area contributed by atoms with Crippen molar-refractivity contribution < 1.29 is 9.53 Å². The molecule has 0 aromatic carbocycles. The summed E-state index contributed by atoms with van der Waals surface area (Å²) < 4.78 is 5.98. The number of alkyl halides is 1.